The normalized spacial score (nSPS) is 11.5. The van der Waals surface area contributed by atoms with Crippen LogP contribution in [0.5, 0.6) is 0 Å². The molecule has 0 N–H and O–H groups in total. The molecule has 0 unspecified atom stereocenters. The van der Waals surface area contributed by atoms with E-state index in [1.54, 1.807) is 0 Å². The quantitative estimate of drug-likeness (QED) is 0.154. The Bertz CT molecular complexity index is 3270. The Hall–Kier alpha value is -7.48. The molecule has 0 aliphatic rings. The third-order valence-electron chi connectivity index (χ3n) is 11.6. The predicted molar refractivity (Wildman–Crippen MR) is 245 cm³/mol. The molecule has 0 saturated heterocycles. The van der Waals surface area contributed by atoms with Crippen LogP contribution in [0.15, 0.2) is 224 Å². The molecule has 0 amide bonds. The maximum atomic E-state index is 2.43. The van der Waals surface area contributed by atoms with Gasteiger partial charge in [0.25, 0.3) is 0 Å². The van der Waals surface area contributed by atoms with E-state index in [2.05, 4.69) is 229 Å². The zero-order valence-corrected chi connectivity index (χ0v) is 31.3. The summed E-state index contributed by atoms with van der Waals surface area (Å²) < 4.78 is 0. The van der Waals surface area contributed by atoms with Crippen LogP contribution < -0.4 is 4.90 Å². The van der Waals surface area contributed by atoms with Gasteiger partial charge in [-0.3, -0.25) is 0 Å². The second-order valence-electron chi connectivity index (χ2n) is 14.9. The Balaban J connectivity index is 1.11. The third kappa shape index (κ3) is 5.63. The van der Waals surface area contributed by atoms with Gasteiger partial charge in [-0.2, -0.15) is 0 Å². The fourth-order valence-corrected chi connectivity index (χ4v) is 8.94. The lowest BCUT2D eigenvalue weighted by molar-refractivity contribution is 1.30. The van der Waals surface area contributed by atoms with Crippen LogP contribution in [0.2, 0.25) is 0 Å². The first-order valence-corrected chi connectivity index (χ1v) is 19.7. The van der Waals surface area contributed by atoms with Crippen LogP contribution in [-0.2, 0) is 0 Å². The van der Waals surface area contributed by atoms with Crippen molar-refractivity contribution in [1.82, 2.24) is 0 Å². The number of anilines is 3. The summed E-state index contributed by atoms with van der Waals surface area (Å²) in [5.74, 6) is 0. The summed E-state index contributed by atoms with van der Waals surface area (Å²) >= 11 is 0. The van der Waals surface area contributed by atoms with Crippen LogP contribution in [0.4, 0.5) is 17.1 Å². The van der Waals surface area contributed by atoms with Gasteiger partial charge in [-0.05, 0) is 118 Å². The van der Waals surface area contributed by atoms with E-state index in [1.165, 1.54) is 87.2 Å². The van der Waals surface area contributed by atoms with Gasteiger partial charge in [-0.15, -0.1) is 0 Å². The van der Waals surface area contributed by atoms with Gasteiger partial charge < -0.3 is 4.90 Å². The van der Waals surface area contributed by atoms with Crippen LogP contribution in [0.1, 0.15) is 0 Å². The molecule has 11 rings (SSSR count). The molecular formula is C56H37N. The summed E-state index contributed by atoms with van der Waals surface area (Å²) in [5.41, 5.74) is 10.7. The van der Waals surface area contributed by atoms with Crippen molar-refractivity contribution in [3.8, 4) is 33.4 Å². The third-order valence-corrected chi connectivity index (χ3v) is 11.6. The number of fused-ring (bicyclic) bond motifs is 7. The minimum absolute atomic E-state index is 1.10. The van der Waals surface area contributed by atoms with Crippen LogP contribution in [0.25, 0.3) is 87.2 Å². The van der Waals surface area contributed by atoms with E-state index in [4.69, 9.17) is 0 Å². The molecule has 0 aliphatic carbocycles. The standard InChI is InChI=1S/C56H37N/c1-2-15-40(16-3-1)55-52-24-12-9-21-49(52)50-22-10-13-25-53(50)56(55)41-30-34-46(35-31-41)57(54-37-44-18-6-7-19-47(44)48-20-8-11-23-51(48)54)45-32-28-39(29-33-45)43-27-26-38-14-4-5-17-42(38)36-43/h1-37H. The van der Waals surface area contributed by atoms with Crippen molar-refractivity contribution < 1.29 is 0 Å². The van der Waals surface area contributed by atoms with Crippen molar-refractivity contribution in [3.63, 3.8) is 0 Å². The molecule has 0 aliphatic heterocycles. The molecular weight excluding hydrogens is 687 g/mol. The molecule has 0 saturated carbocycles. The smallest absolute Gasteiger partial charge is 0.0546 e. The van der Waals surface area contributed by atoms with Crippen LogP contribution >= 0.6 is 0 Å². The Morgan fingerprint density at radius 1 is 0.228 bits per heavy atom. The number of benzene rings is 11. The molecule has 1 nitrogen and oxygen atoms in total. The fourth-order valence-electron chi connectivity index (χ4n) is 8.94. The average Bonchev–Trinajstić information content (AvgIpc) is 3.29. The van der Waals surface area contributed by atoms with Crippen LogP contribution in [0.3, 0.4) is 0 Å². The zero-order valence-electron chi connectivity index (χ0n) is 31.3. The SMILES string of the molecule is c1ccc(-c2c(-c3ccc(N(c4ccc(-c5ccc6ccccc6c5)cc4)c4cc5ccccc5c5ccccc45)cc3)c3ccccc3c3ccccc23)cc1. The van der Waals surface area contributed by atoms with E-state index in [0.717, 1.165) is 17.1 Å². The monoisotopic (exact) mass is 723 g/mol. The second-order valence-corrected chi connectivity index (χ2v) is 14.9. The summed E-state index contributed by atoms with van der Waals surface area (Å²) in [6.45, 7) is 0. The molecule has 0 radical (unpaired) electrons. The highest BCUT2D eigenvalue weighted by molar-refractivity contribution is 6.21. The minimum Gasteiger partial charge on any atom is -0.310 e. The molecule has 0 heterocycles. The Labute approximate surface area is 332 Å². The first-order chi connectivity index (χ1) is 28.3. The molecule has 11 aromatic rings. The van der Waals surface area contributed by atoms with Gasteiger partial charge in [0.15, 0.2) is 0 Å². The van der Waals surface area contributed by atoms with Crippen LogP contribution in [0, 0.1) is 0 Å². The van der Waals surface area contributed by atoms with Crippen molar-refractivity contribution >= 4 is 70.9 Å². The molecule has 266 valence electrons. The lowest BCUT2D eigenvalue weighted by Gasteiger charge is -2.28. The molecule has 57 heavy (non-hydrogen) atoms. The van der Waals surface area contributed by atoms with Crippen molar-refractivity contribution in [3.05, 3.63) is 224 Å². The van der Waals surface area contributed by atoms with Gasteiger partial charge in [0.2, 0.25) is 0 Å². The van der Waals surface area contributed by atoms with Gasteiger partial charge in [0.05, 0.1) is 5.69 Å². The fraction of sp³-hybridized carbons (Fsp3) is 0. The summed E-state index contributed by atoms with van der Waals surface area (Å²) in [5, 5.41) is 12.5. The lowest BCUT2D eigenvalue weighted by Crippen LogP contribution is -2.10. The summed E-state index contributed by atoms with van der Waals surface area (Å²) in [7, 11) is 0. The molecule has 0 atom stereocenters. The van der Waals surface area contributed by atoms with Gasteiger partial charge >= 0.3 is 0 Å². The largest absolute Gasteiger partial charge is 0.310 e. The predicted octanol–water partition coefficient (Wildman–Crippen LogP) is 15.9. The number of nitrogens with zero attached hydrogens (tertiary/aromatic N) is 1. The van der Waals surface area contributed by atoms with Crippen molar-refractivity contribution in [2.45, 2.75) is 0 Å². The highest BCUT2D eigenvalue weighted by atomic mass is 15.1. The molecule has 0 spiro atoms. The van der Waals surface area contributed by atoms with E-state index < -0.39 is 0 Å². The highest BCUT2D eigenvalue weighted by Gasteiger charge is 2.20. The topological polar surface area (TPSA) is 3.24 Å². The van der Waals surface area contributed by atoms with Crippen molar-refractivity contribution in [2.75, 3.05) is 4.90 Å². The van der Waals surface area contributed by atoms with E-state index in [9.17, 15) is 0 Å². The van der Waals surface area contributed by atoms with E-state index in [-0.39, 0.29) is 0 Å². The number of rotatable bonds is 6. The maximum absolute atomic E-state index is 2.43. The first kappa shape index (κ1) is 32.9. The molecule has 0 aromatic heterocycles. The Kier molecular flexibility index (Phi) is 7.89. The summed E-state index contributed by atoms with van der Waals surface area (Å²) in [4.78, 5) is 2.43. The van der Waals surface area contributed by atoms with Crippen molar-refractivity contribution in [1.29, 1.82) is 0 Å². The van der Waals surface area contributed by atoms with E-state index in [0.29, 0.717) is 0 Å². The number of hydrogen-bond donors (Lipinski definition) is 0. The molecule has 0 bridgehead atoms. The van der Waals surface area contributed by atoms with Crippen LogP contribution in [-0.4, -0.2) is 0 Å². The average molecular weight is 724 g/mol. The summed E-state index contributed by atoms with van der Waals surface area (Å²) in [6, 6.07) is 82.1. The number of hydrogen-bond acceptors (Lipinski definition) is 1. The second kappa shape index (κ2) is 13.7. The molecule has 0 fully saturated rings. The van der Waals surface area contributed by atoms with Gasteiger partial charge in [-0.25, -0.2) is 0 Å². The lowest BCUT2D eigenvalue weighted by atomic mass is 9.85. The minimum atomic E-state index is 1.10. The van der Waals surface area contributed by atoms with E-state index in [1.807, 2.05) is 0 Å². The maximum Gasteiger partial charge on any atom is 0.0546 e. The molecule has 1 heteroatoms. The zero-order chi connectivity index (χ0) is 37.7. The Morgan fingerprint density at radius 3 is 1.26 bits per heavy atom. The highest BCUT2D eigenvalue weighted by Crippen LogP contribution is 2.47. The van der Waals surface area contributed by atoms with Crippen molar-refractivity contribution in [2.24, 2.45) is 0 Å². The van der Waals surface area contributed by atoms with Gasteiger partial charge in [0.1, 0.15) is 0 Å². The summed E-state index contributed by atoms with van der Waals surface area (Å²) in [6.07, 6.45) is 0. The molecule has 11 aromatic carbocycles. The Morgan fingerprint density at radius 2 is 0.649 bits per heavy atom. The van der Waals surface area contributed by atoms with Gasteiger partial charge in [0, 0.05) is 16.8 Å². The van der Waals surface area contributed by atoms with E-state index >= 15 is 0 Å². The van der Waals surface area contributed by atoms with Gasteiger partial charge in [-0.1, -0.05) is 188 Å². The first-order valence-electron chi connectivity index (χ1n) is 19.7.